The zero-order valence-electron chi connectivity index (χ0n) is 12.6. The Balaban J connectivity index is 2.26. The number of rotatable bonds is 8. The normalized spacial score (nSPS) is 9.91. The number of nitrogens with one attached hydrogen (secondary N) is 1. The van der Waals surface area contributed by atoms with Gasteiger partial charge < -0.3 is 14.8 Å². The van der Waals surface area contributed by atoms with Crippen LogP contribution in [-0.4, -0.2) is 43.6 Å². The van der Waals surface area contributed by atoms with Crippen LogP contribution in [-0.2, 0) is 25.6 Å². The molecule has 0 heterocycles. The SMILES string of the molecule is COC(=O)CCSCC(=O)NCc1ccc(C(=O)OC)cc1. The van der Waals surface area contributed by atoms with E-state index in [0.29, 0.717) is 24.3 Å². The molecule has 0 bridgehead atoms. The molecule has 1 N–H and O–H groups in total. The van der Waals surface area contributed by atoms with Crippen molar-refractivity contribution in [2.75, 3.05) is 25.7 Å². The van der Waals surface area contributed by atoms with Gasteiger partial charge in [-0.2, -0.15) is 11.8 Å². The summed E-state index contributed by atoms with van der Waals surface area (Å²) in [7, 11) is 2.67. The van der Waals surface area contributed by atoms with E-state index in [-0.39, 0.29) is 17.6 Å². The van der Waals surface area contributed by atoms with Gasteiger partial charge in [0.05, 0.1) is 32.0 Å². The van der Waals surface area contributed by atoms with Crippen LogP contribution in [0.1, 0.15) is 22.3 Å². The second-order valence-electron chi connectivity index (χ2n) is 4.34. The summed E-state index contributed by atoms with van der Waals surface area (Å²) in [4.78, 5) is 33.8. The Labute approximate surface area is 133 Å². The molecule has 0 atom stereocenters. The zero-order chi connectivity index (χ0) is 16.4. The molecule has 22 heavy (non-hydrogen) atoms. The van der Waals surface area contributed by atoms with E-state index in [4.69, 9.17) is 0 Å². The predicted octanol–water partition coefficient (Wildman–Crippen LogP) is 1.39. The summed E-state index contributed by atoms with van der Waals surface area (Å²) < 4.78 is 9.12. The van der Waals surface area contributed by atoms with Crippen molar-refractivity contribution in [3.63, 3.8) is 0 Å². The number of hydrogen-bond acceptors (Lipinski definition) is 6. The van der Waals surface area contributed by atoms with E-state index in [9.17, 15) is 14.4 Å². The molecule has 0 saturated carbocycles. The summed E-state index contributed by atoms with van der Waals surface area (Å²) in [6.07, 6.45) is 0.295. The molecule has 0 aromatic heterocycles. The fourth-order valence-corrected chi connectivity index (χ4v) is 2.29. The molecular formula is C15H19NO5S. The van der Waals surface area contributed by atoms with E-state index in [1.54, 1.807) is 24.3 Å². The quantitative estimate of drug-likeness (QED) is 0.574. The van der Waals surface area contributed by atoms with E-state index < -0.39 is 5.97 Å². The molecule has 120 valence electrons. The minimum absolute atomic E-state index is 0.105. The molecular weight excluding hydrogens is 306 g/mol. The van der Waals surface area contributed by atoms with E-state index in [0.717, 1.165) is 5.56 Å². The molecule has 0 radical (unpaired) electrons. The van der Waals surface area contributed by atoms with Gasteiger partial charge in [-0.15, -0.1) is 0 Å². The smallest absolute Gasteiger partial charge is 0.337 e. The lowest BCUT2D eigenvalue weighted by Crippen LogP contribution is -2.24. The fourth-order valence-electron chi connectivity index (χ4n) is 1.55. The fraction of sp³-hybridized carbons (Fsp3) is 0.400. The van der Waals surface area contributed by atoms with Gasteiger partial charge in [-0.25, -0.2) is 4.79 Å². The summed E-state index contributed by atoms with van der Waals surface area (Å²) >= 11 is 1.38. The Morgan fingerprint density at radius 2 is 1.77 bits per heavy atom. The number of carbonyl (C=O) groups is 3. The average molecular weight is 325 g/mol. The number of hydrogen-bond donors (Lipinski definition) is 1. The number of thioether (sulfide) groups is 1. The van der Waals surface area contributed by atoms with Crippen molar-refractivity contribution in [3.05, 3.63) is 35.4 Å². The minimum atomic E-state index is -0.391. The van der Waals surface area contributed by atoms with Crippen molar-refractivity contribution < 1.29 is 23.9 Å². The lowest BCUT2D eigenvalue weighted by molar-refractivity contribution is -0.140. The van der Waals surface area contributed by atoms with Gasteiger partial charge in [0, 0.05) is 12.3 Å². The highest BCUT2D eigenvalue weighted by molar-refractivity contribution is 7.99. The molecule has 0 saturated heterocycles. The van der Waals surface area contributed by atoms with Crippen LogP contribution < -0.4 is 5.32 Å². The Hall–Kier alpha value is -2.02. The summed E-state index contributed by atoms with van der Waals surface area (Å²) in [5, 5.41) is 2.77. The van der Waals surface area contributed by atoms with Gasteiger partial charge in [0.15, 0.2) is 0 Å². The highest BCUT2D eigenvalue weighted by Crippen LogP contribution is 2.06. The average Bonchev–Trinajstić information content (AvgIpc) is 2.56. The monoisotopic (exact) mass is 325 g/mol. The molecule has 1 aromatic rings. The maximum Gasteiger partial charge on any atom is 0.337 e. The Morgan fingerprint density at radius 1 is 1.09 bits per heavy atom. The van der Waals surface area contributed by atoms with Crippen LogP contribution in [0, 0.1) is 0 Å². The molecule has 0 fully saturated rings. The van der Waals surface area contributed by atoms with E-state index in [2.05, 4.69) is 14.8 Å². The molecule has 1 amide bonds. The first-order valence-electron chi connectivity index (χ1n) is 6.65. The number of methoxy groups -OCH3 is 2. The summed E-state index contributed by atoms with van der Waals surface area (Å²) in [5.74, 6) is 0.0635. The first kappa shape index (κ1) is 18.0. The molecule has 0 aliphatic carbocycles. The van der Waals surface area contributed by atoms with E-state index in [1.807, 2.05) is 0 Å². The number of benzene rings is 1. The molecule has 1 rings (SSSR count). The highest BCUT2D eigenvalue weighted by atomic mass is 32.2. The number of ether oxygens (including phenoxy) is 2. The summed E-state index contributed by atoms with van der Waals surface area (Å²) in [6.45, 7) is 0.387. The Bertz CT molecular complexity index is 515. The second kappa shape index (κ2) is 9.83. The van der Waals surface area contributed by atoms with Crippen LogP contribution in [0.25, 0.3) is 0 Å². The van der Waals surface area contributed by atoms with Gasteiger partial charge in [-0.05, 0) is 17.7 Å². The topological polar surface area (TPSA) is 81.7 Å². The van der Waals surface area contributed by atoms with Crippen LogP contribution in [0.4, 0.5) is 0 Å². The third-order valence-electron chi connectivity index (χ3n) is 2.78. The third-order valence-corrected chi connectivity index (χ3v) is 3.74. The van der Waals surface area contributed by atoms with Crippen LogP contribution in [0.5, 0.6) is 0 Å². The first-order valence-corrected chi connectivity index (χ1v) is 7.80. The summed E-state index contributed by atoms with van der Waals surface area (Å²) in [6, 6.07) is 6.82. The standard InChI is InChI=1S/C15H19NO5S/c1-20-14(18)7-8-22-10-13(17)16-9-11-3-5-12(6-4-11)15(19)21-2/h3-6H,7-10H2,1-2H3,(H,16,17). The van der Waals surface area contributed by atoms with Gasteiger partial charge in [0.1, 0.15) is 0 Å². The third kappa shape index (κ3) is 6.62. The maximum atomic E-state index is 11.6. The number of carbonyl (C=O) groups excluding carboxylic acids is 3. The van der Waals surface area contributed by atoms with Crippen LogP contribution in [0.3, 0.4) is 0 Å². The molecule has 0 spiro atoms. The molecule has 0 unspecified atom stereocenters. The second-order valence-corrected chi connectivity index (χ2v) is 5.45. The number of amides is 1. The Kier molecular flexibility index (Phi) is 8.06. The van der Waals surface area contributed by atoms with Crippen molar-refractivity contribution in [1.29, 1.82) is 0 Å². The molecule has 0 aliphatic heterocycles. The summed E-state index contributed by atoms with van der Waals surface area (Å²) in [5.41, 5.74) is 1.36. The van der Waals surface area contributed by atoms with Crippen LogP contribution in [0.2, 0.25) is 0 Å². The lowest BCUT2D eigenvalue weighted by Gasteiger charge is -2.06. The maximum absolute atomic E-state index is 11.6. The number of esters is 2. The van der Waals surface area contributed by atoms with Gasteiger partial charge in [0.25, 0.3) is 0 Å². The Morgan fingerprint density at radius 3 is 2.36 bits per heavy atom. The van der Waals surface area contributed by atoms with Crippen molar-refractivity contribution in [2.24, 2.45) is 0 Å². The van der Waals surface area contributed by atoms with Crippen LogP contribution >= 0.6 is 11.8 Å². The van der Waals surface area contributed by atoms with Crippen molar-refractivity contribution in [1.82, 2.24) is 5.32 Å². The molecule has 6 nitrogen and oxygen atoms in total. The van der Waals surface area contributed by atoms with E-state index in [1.165, 1.54) is 26.0 Å². The molecule has 1 aromatic carbocycles. The van der Waals surface area contributed by atoms with Crippen molar-refractivity contribution >= 4 is 29.6 Å². The first-order chi connectivity index (χ1) is 10.6. The van der Waals surface area contributed by atoms with Gasteiger partial charge in [0.2, 0.25) is 5.91 Å². The van der Waals surface area contributed by atoms with Crippen molar-refractivity contribution in [2.45, 2.75) is 13.0 Å². The lowest BCUT2D eigenvalue weighted by atomic mass is 10.1. The predicted molar refractivity (Wildman–Crippen MR) is 83.6 cm³/mol. The van der Waals surface area contributed by atoms with Gasteiger partial charge >= 0.3 is 11.9 Å². The highest BCUT2D eigenvalue weighted by Gasteiger charge is 2.06. The molecule has 0 aliphatic rings. The van der Waals surface area contributed by atoms with Gasteiger partial charge in [-0.3, -0.25) is 9.59 Å². The van der Waals surface area contributed by atoms with Gasteiger partial charge in [-0.1, -0.05) is 12.1 Å². The van der Waals surface area contributed by atoms with E-state index >= 15 is 0 Å². The van der Waals surface area contributed by atoms with Crippen molar-refractivity contribution in [3.8, 4) is 0 Å². The largest absolute Gasteiger partial charge is 0.469 e. The minimum Gasteiger partial charge on any atom is -0.469 e. The zero-order valence-corrected chi connectivity index (χ0v) is 13.4. The molecule has 7 heteroatoms. The van der Waals surface area contributed by atoms with Crippen LogP contribution in [0.15, 0.2) is 24.3 Å².